The van der Waals surface area contributed by atoms with Crippen LogP contribution in [0.2, 0.25) is 10.0 Å². The van der Waals surface area contributed by atoms with Crippen molar-refractivity contribution < 1.29 is 17.9 Å². The van der Waals surface area contributed by atoms with Crippen LogP contribution in [-0.2, 0) is 21.4 Å². The number of rotatable bonds is 6. The van der Waals surface area contributed by atoms with Crippen molar-refractivity contribution in [3.63, 3.8) is 0 Å². The summed E-state index contributed by atoms with van der Waals surface area (Å²) in [6.07, 6.45) is 2.49. The molecule has 1 amide bonds. The van der Waals surface area contributed by atoms with Gasteiger partial charge in [0.2, 0.25) is 21.8 Å². The minimum absolute atomic E-state index is 0.0570. The second-order valence-corrected chi connectivity index (χ2v) is 9.48. The van der Waals surface area contributed by atoms with Crippen molar-refractivity contribution in [1.82, 2.24) is 14.6 Å². The van der Waals surface area contributed by atoms with Crippen LogP contribution in [0, 0.1) is 5.92 Å². The van der Waals surface area contributed by atoms with E-state index >= 15 is 0 Å². The Morgan fingerprint density at radius 3 is 2.52 bits per heavy atom. The van der Waals surface area contributed by atoms with Crippen LogP contribution in [0.15, 0.2) is 41.4 Å². The van der Waals surface area contributed by atoms with Gasteiger partial charge in [-0.3, -0.25) is 4.79 Å². The molecular weight excluding hydrogens is 437 g/mol. The molecule has 0 atom stereocenters. The van der Waals surface area contributed by atoms with Crippen molar-refractivity contribution in [3.05, 3.63) is 52.1 Å². The Morgan fingerprint density at radius 2 is 1.90 bits per heavy atom. The van der Waals surface area contributed by atoms with E-state index in [1.807, 2.05) is 6.07 Å². The molecule has 2 aromatic rings. The van der Waals surface area contributed by atoms with E-state index in [4.69, 9.17) is 27.9 Å². The maximum atomic E-state index is 12.8. The number of hydrogen-bond donors (Lipinski definition) is 1. The van der Waals surface area contributed by atoms with E-state index in [0.717, 1.165) is 5.56 Å². The number of benzene rings is 1. The summed E-state index contributed by atoms with van der Waals surface area (Å²) in [5, 5.41) is 3.40. The van der Waals surface area contributed by atoms with Crippen LogP contribution in [-0.4, -0.2) is 43.8 Å². The van der Waals surface area contributed by atoms with Gasteiger partial charge in [0.25, 0.3) is 0 Å². The smallest absolute Gasteiger partial charge is 0.243 e. The van der Waals surface area contributed by atoms with E-state index in [0.29, 0.717) is 25.3 Å². The Kier molecular flexibility index (Phi) is 7.00. The topological polar surface area (TPSA) is 88.6 Å². The fourth-order valence-electron chi connectivity index (χ4n) is 3.25. The van der Waals surface area contributed by atoms with Gasteiger partial charge in [-0.15, -0.1) is 0 Å². The van der Waals surface area contributed by atoms with E-state index in [9.17, 15) is 13.2 Å². The van der Waals surface area contributed by atoms with E-state index < -0.39 is 10.0 Å². The lowest BCUT2D eigenvalue weighted by Crippen LogP contribution is -2.42. The highest BCUT2D eigenvalue weighted by molar-refractivity contribution is 7.89. The summed E-state index contributed by atoms with van der Waals surface area (Å²) in [6.45, 7) is 0.802. The minimum atomic E-state index is -3.71. The number of halogens is 2. The van der Waals surface area contributed by atoms with E-state index in [-0.39, 0.29) is 39.9 Å². The summed E-state index contributed by atoms with van der Waals surface area (Å²) in [5.41, 5.74) is 0.779. The molecule has 1 fully saturated rings. The largest absolute Gasteiger partial charge is 0.481 e. The van der Waals surface area contributed by atoms with Gasteiger partial charge in [-0.25, -0.2) is 13.4 Å². The fraction of sp³-hybridized carbons (Fsp3) is 0.368. The molecule has 0 saturated carbocycles. The molecule has 3 rings (SSSR count). The molecular formula is C19H21Cl2N3O4S. The van der Waals surface area contributed by atoms with Gasteiger partial charge in [-0.2, -0.15) is 4.31 Å². The third kappa shape index (κ3) is 5.19. The van der Waals surface area contributed by atoms with Gasteiger partial charge < -0.3 is 10.1 Å². The number of piperidine rings is 1. The summed E-state index contributed by atoms with van der Waals surface area (Å²) >= 11 is 11.9. The number of aromatic nitrogens is 1. The van der Waals surface area contributed by atoms with Crippen LogP contribution in [0.1, 0.15) is 18.4 Å². The molecule has 0 aliphatic carbocycles. The molecule has 1 saturated heterocycles. The fourth-order valence-corrected chi connectivity index (χ4v) is 5.45. The van der Waals surface area contributed by atoms with Gasteiger partial charge in [-0.05, 0) is 37.1 Å². The molecule has 1 aliphatic rings. The highest BCUT2D eigenvalue weighted by Gasteiger charge is 2.32. The second-order valence-electron chi connectivity index (χ2n) is 6.67. The molecule has 10 heteroatoms. The highest BCUT2D eigenvalue weighted by Crippen LogP contribution is 2.28. The zero-order valence-electron chi connectivity index (χ0n) is 15.8. The van der Waals surface area contributed by atoms with Gasteiger partial charge in [0, 0.05) is 47.4 Å². The molecule has 156 valence electrons. The zero-order valence-corrected chi connectivity index (χ0v) is 18.1. The van der Waals surface area contributed by atoms with Crippen molar-refractivity contribution >= 4 is 39.1 Å². The lowest BCUT2D eigenvalue weighted by Gasteiger charge is -2.30. The lowest BCUT2D eigenvalue weighted by molar-refractivity contribution is -0.126. The van der Waals surface area contributed by atoms with Crippen LogP contribution >= 0.6 is 23.2 Å². The standard InChI is InChI=1S/C19H21Cl2N3O4S/c1-28-19-14(3-2-6-22-19)12-23-18(25)13-4-7-24(8-5-13)29(26,27)17-10-15(20)9-16(21)11-17/h2-3,6,9-11,13H,4-5,7-8,12H2,1H3,(H,23,25). The summed E-state index contributed by atoms with van der Waals surface area (Å²) in [6, 6.07) is 7.84. The van der Waals surface area contributed by atoms with E-state index in [1.165, 1.54) is 29.6 Å². The summed E-state index contributed by atoms with van der Waals surface area (Å²) in [4.78, 5) is 16.7. The van der Waals surface area contributed by atoms with Gasteiger partial charge >= 0.3 is 0 Å². The quantitative estimate of drug-likeness (QED) is 0.719. The van der Waals surface area contributed by atoms with Crippen molar-refractivity contribution in [3.8, 4) is 5.88 Å². The monoisotopic (exact) mass is 457 g/mol. The minimum Gasteiger partial charge on any atom is -0.481 e. The third-order valence-corrected chi connectivity index (χ3v) is 7.11. The number of pyridine rings is 1. The van der Waals surface area contributed by atoms with Crippen LogP contribution < -0.4 is 10.1 Å². The Labute approximate surface area is 180 Å². The molecule has 0 bridgehead atoms. The van der Waals surface area contributed by atoms with Gasteiger partial charge in [-0.1, -0.05) is 29.3 Å². The maximum Gasteiger partial charge on any atom is 0.243 e. The number of nitrogens with zero attached hydrogens (tertiary/aromatic N) is 2. The van der Waals surface area contributed by atoms with Crippen molar-refractivity contribution in [1.29, 1.82) is 0 Å². The SMILES string of the molecule is COc1ncccc1CNC(=O)C1CCN(S(=O)(=O)c2cc(Cl)cc(Cl)c2)CC1. The molecule has 1 N–H and O–H groups in total. The Morgan fingerprint density at radius 1 is 1.24 bits per heavy atom. The van der Waals surface area contributed by atoms with Crippen molar-refractivity contribution in [2.75, 3.05) is 20.2 Å². The van der Waals surface area contributed by atoms with Gasteiger partial charge in [0.05, 0.1) is 12.0 Å². The number of methoxy groups -OCH3 is 1. The second kappa shape index (κ2) is 9.30. The molecule has 29 heavy (non-hydrogen) atoms. The predicted molar refractivity (Wildman–Crippen MR) is 111 cm³/mol. The van der Waals surface area contributed by atoms with Gasteiger partial charge in [0.15, 0.2) is 0 Å². The van der Waals surface area contributed by atoms with E-state index in [2.05, 4.69) is 10.3 Å². The number of amides is 1. The van der Waals surface area contributed by atoms with Crippen molar-refractivity contribution in [2.45, 2.75) is 24.3 Å². The Bertz CT molecular complexity index is 972. The molecule has 2 heterocycles. The molecule has 1 aliphatic heterocycles. The Balaban J connectivity index is 1.59. The predicted octanol–water partition coefficient (Wildman–Crippen LogP) is 3.11. The van der Waals surface area contributed by atoms with Crippen LogP contribution in [0.5, 0.6) is 5.88 Å². The number of nitrogens with one attached hydrogen (secondary N) is 1. The average molecular weight is 458 g/mol. The molecule has 1 aromatic heterocycles. The number of sulfonamides is 1. The Hall–Kier alpha value is -1.87. The first-order valence-corrected chi connectivity index (χ1v) is 11.2. The van der Waals surface area contributed by atoms with Crippen LogP contribution in [0.3, 0.4) is 0 Å². The first kappa shape index (κ1) is 21.8. The normalized spacial score (nSPS) is 15.8. The summed E-state index contributed by atoms with van der Waals surface area (Å²) < 4.78 is 32.2. The number of hydrogen-bond acceptors (Lipinski definition) is 5. The molecule has 0 radical (unpaired) electrons. The molecule has 0 unspecified atom stereocenters. The number of carbonyl (C=O) groups is 1. The van der Waals surface area contributed by atoms with Crippen LogP contribution in [0.4, 0.5) is 0 Å². The summed E-state index contributed by atoms with van der Waals surface area (Å²) in [5.74, 6) is 0.0970. The number of carbonyl (C=O) groups excluding carboxylic acids is 1. The zero-order chi connectivity index (χ0) is 21.0. The van der Waals surface area contributed by atoms with E-state index in [1.54, 1.807) is 12.3 Å². The van der Waals surface area contributed by atoms with Crippen molar-refractivity contribution in [2.24, 2.45) is 5.92 Å². The first-order valence-electron chi connectivity index (χ1n) is 9.03. The molecule has 0 spiro atoms. The third-order valence-electron chi connectivity index (χ3n) is 4.79. The molecule has 7 nitrogen and oxygen atoms in total. The van der Waals surface area contributed by atoms with Crippen LogP contribution in [0.25, 0.3) is 0 Å². The average Bonchev–Trinajstić information content (AvgIpc) is 2.71. The molecule has 1 aromatic carbocycles. The highest BCUT2D eigenvalue weighted by atomic mass is 35.5. The summed E-state index contributed by atoms with van der Waals surface area (Å²) in [7, 11) is -2.19. The maximum absolute atomic E-state index is 12.8. The first-order chi connectivity index (χ1) is 13.8. The lowest BCUT2D eigenvalue weighted by atomic mass is 9.97. The number of ether oxygens (including phenoxy) is 1. The van der Waals surface area contributed by atoms with Gasteiger partial charge in [0.1, 0.15) is 0 Å².